The molecule has 182 valence electrons. The minimum atomic E-state index is -0.938. The number of cyclic esters (lactones) is 1. The van der Waals surface area contributed by atoms with Gasteiger partial charge in [0.15, 0.2) is 0 Å². The Morgan fingerprint density at radius 1 is 1.15 bits per heavy atom. The molecule has 9 nitrogen and oxygen atoms in total. The third kappa shape index (κ3) is 4.96. The molecule has 5 atom stereocenters. The van der Waals surface area contributed by atoms with E-state index in [9.17, 15) is 23.6 Å². The summed E-state index contributed by atoms with van der Waals surface area (Å²) in [5, 5.41) is 5.44. The first-order chi connectivity index (χ1) is 16.4. The SMILES string of the molecule is CCOC1OC(=O)CC1NC(=O)[C@@H]1CC[C@H]2C/C=C\C[C@H](NC(=O)c3ccccc3F)C(=O)N21. The smallest absolute Gasteiger partial charge is 0.310 e. The van der Waals surface area contributed by atoms with Crippen molar-refractivity contribution in [1.29, 1.82) is 0 Å². The van der Waals surface area contributed by atoms with E-state index in [1.54, 1.807) is 13.0 Å². The molecular formula is C24H28FN3O6. The first-order valence-electron chi connectivity index (χ1n) is 11.5. The van der Waals surface area contributed by atoms with Crippen LogP contribution in [0.25, 0.3) is 0 Å². The van der Waals surface area contributed by atoms with Crippen LogP contribution in [0.4, 0.5) is 4.39 Å². The van der Waals surface area contributed by atoms with Gasteiger partial charge in [-0.2, -0.15) is 0 Å². The highest BCUT2D eigenvalue weighted by Gasteiger charge is 2.45. The summed E-state index contributed by atoms with van der Waals surface area (Å²) in [4.78, 5) is 52.6. The minimum absolute atomic E-state index is 0.00936. The normalized spacial score (nSPS) is 29.6. The molecule has 1 aromatic rings. The zero-order valence-electron chi connectivity index (χ0n) is 18.9. The third-order valence-electron chi connectivity index (χ3n) is 6.35. The number of nitrogens with zero attached hydrogens (tertiary/aromatic N) is 1. The van der Waals surface area contributed by atoms with Gasteiger partial charge in [0.1, 0.15) is 23.9 Å². The molecule has 3 amide bonds. The largest absolute Gasteiger partial charge is 0.433 e. The van der Waals surface area contributed by atoms with Gasteiger partial charge < -0.3 is 25.0 Å². The van der Waals surface area contributed by atoms with E-state index in [4.69, 9.17) is 9.47 Å². The number of hydrogen-bond donors (Lipinski definition) is 2. The summed E-state index contributed by atoms with van der Waals surface area (Å²) in [6.45, 7) is 2.07. The fraction of sp³-hybridized carbons (Fsp3) is 0.500. The molecule has 1 aromatic carbocycles. The molecule has 0 radical (unpaired) electrons. The van der Waals surface area contributed by atoms with Gasteiger partial charge in [-0.1, -0.05) is 24.3 Å². The van der Waals surface area contributed by atoms with Crippen molar-refractivity contribution >= 4 is 23.7 Å². The van der Waals surface area contributed by atoms with Crippen LogP contribution in [-0.2, 0) is 23.9 Å². The van der Waals surface area contributed by atoms with E-state index in [0.717, 1.165) is 0 Å². The standard InChI is InChI=1S/C24H28FN3O6/c1-2-33-24-18(13-20(29)34-24)27-22(31)19-12-11-14-7-3-6-10-17(23(32)28(14)19)26-21(30)15-8-4-5-9-16(15)25/h3-6,8-9,14,17-19,24H,2,7,10-13H2,1H3,(H,26,30)(H,27,31)/b6-3-/t14-,17+,18?,19+,24?/m1/s1. The van der Waals surface area contributed by atoms with Gasteiger partial charge in [-0.3, -0.25) is 19.2 Å². The van der Waals surface area contributed by atoms with Crippen molar-refractivity contribution in [2.45, 2.75) is 69.5 Å². The Hall–Kier alpha value is -3.27. The first kappa shape index (κ1) is 23.9. The minimum Gasteiger partial charge on any atom is -0.433 e. The van der Waals surface area contributed by atoms with Crippen LogP contribution in [0.2, 0.25) is 0 Å². The van der Waals surface area contributed by atoms with Crippen LogP contribution in [0.1, 0.15) is 49.4 Å². The van der Waals surface area contributed by atoms with Crippen LogP contribution in [0.15, 0.2) is 36.4 Å². The average Bonchev–Trinajstić information content (AvgIpc) is 3.37. The maximum atomic E-state index is 14.1. The number of hydrogen-bond acceptors (Lipinski definition) is 6. The highest BCUT2D eigenvalue weighted by Crippen LogP contribution is 2.30. The quantitative estimate of drug-likeness (QED) is 0.477. The molecule has 0 aromatic heterocycles. The molecule has 3 aliphatic heterocycles. The number of carbonyl (C=O) groups is 4. The summed E-state index contributed by atoms with van der Waals surface area (Å²) in [7, 11) is 0. The van der Waals surface area contributed by atoms with Crippen molar-refractivity contribution in [3.63, 3.8) is 0 Å². The van der Waals surface area contributed by atoms with Crippen LogP contribution < -0.4 is 10.6 Å². The Morgan fingerprint density at radius 3 is 2.68 bits per heavy atom. The monoisotopic (exact) mass is 473 g/mol. The molecule has 4 rings (SSSR count). The molecule has 2 unspecified atom stereocenters. The summed E-state index contributed by atoms with van der Waals surface area (Å²) < 4.78 is 24.6. The summed E-state index contributed by atoms with van der Waals surface area (Å²) in [5.41, 5.74) is -0.151. The molecule has 0 aliphatic carbocycles. The van der Waals surface area contributed by atoms with Crippen LogP contribution >= 0.6 is 0 Å². The van der Waals surface area contributed by atoms with Gasteiger partial charge in [0.05, 0.1) is 12.0 Å². The Labute approximate surface area is 196 Å². The molecule has 10 heteroatoms. The van der Waals surface area contributed by atoms with E-state index in [1.165, 1.54) is 23.1 Å². The van der Waals surface area contributed by atoms with E-state index < -0.39 is 53.9 Å². The molecular weight excluding hydrogens is 445 g/mol. The summed E-state index contributed by atoms with van der Waals surface area (Å²) in [6, 6.07) is 3.02. The third-order valence-corrected chi connectivity index (χ3v) is 6.35. The molecule has 0 saturated carbocycles. The van der Waals surface area contributed by atoms with Gasteiger partial charge >= 0.3 is 5.97 Å². The van der Waals surface area contributed by atoms with Crippen molar-refractivity contribution < 1.29 is 33.0 Å². The number of carbonyl (C=O) groups excluding carboxylic acids is 4. The fourth-order valence-electron chi connectivity index (χ4n) is 4.72. The van der Waals surface area contributed by atoms with Crippen LogP contribution in [0.3, 0.4) is 0 Å². The van der Waals surface area contributed by atoms with Crippen molar-refractivity contribution in [2.75, 3.05) is 6.61 Å². The van der Waals surface area contributed by atoms with Crippen molar-refractivity contribution in [2.24, 2.45) is 0 Å². The molecule has 34 heavy (non-hydrogen) atoms. The average molecular weight is 474 g/mol. The number of benzene rings is 1. The van der Waals surface area contributed by atoms with Crippen molar-refractivity contribution in [3.05, 3.63) is 47.8 Å². The van der Waals surface area contributed by atoms with Gasteiger partial charge in [0.2, 0.25) is 18.1 Å². The van der Waals surface area contributed by atoms with Gasteiger partial charge in [-0.15, -0.1) is 0 Å². The van der Waals surface area contributed by atoms with Crippen molar-refractivity contribution in [3.8, 4) is 0 Å². The topological polar surface area (TPSA) is 114 Å². The molecule has 0 spiro atoms. The Morgan fingerprint density at radius 2 is 1.91 bits per heavy atom. The van der Waals surface area contributed by atoms with E-state index in [-0.39, 0.29) is 24.4 Å². The predicted molar refractivity (Wildman–Crippen MR) is 118 cm³/mol. The van der Waals surface area contributed by atoms with Gasteiger partial charge in [-0.05, 0) is 44.7 Å². The number of fused-ring (bicyclic) bond motifs is 1. The van der Waals surface area contributed by atoms with E-state index in [0.29, 0.717) is 25.9 Å². The molecule has 3 heterocycles. The summed E-state index contributed by atoms with van der Waals surface area (Å²) in [5.74, 6) is -2.62. The second-order valence-electron chi connectivity index (χ2n) is 8.57. The second-order valence-corrected chi connectivity index (χ2v) is 8.57. The summed E-state index contributed by atoms with van der Waals surface area (Å²) in [6.07, 6.45) is 4.78. The van der Waals surface area contributed by atoms with E-state index in [1.807, 2.05) is 12.2 Å². The zero-order valence-corrected chi connectivity index (χ0v) is 18.9. The molecule has 2 saturated heterocycles. The second kappa shape index (κ2) is 10.3. The lowest BCUT2D eigenvalue weighted by atomic mass is 10.0. The number of nitrogens with one attached hydrogen (secondary N) is 2. The Kier molecular flexibility index (Phi) is 7.26. The van der Waals surface area contributed by atoms with E-state index >= 15 is 0 Å². The summed E-state index contributed by atoms with van der Waals surface area (Å²) >= 11 is 0. The number of amides is 3. The Bertz CT molecular complexity index is 999. The van der Waals surface area contributed by atoms with Gasteiger partial charge in [0, 0.05) is 12.6 Å². The van der Waals surface area contributed by atoms with E-state index in [2.05, 4.69) is 10.6 Å². The molecule has 2 N–H and O–H groups in total. The number of ether oxygens (including phenoxy) is 2. The lowest BCUT2D eigenvalue weighted by molar-refractivity contribution is -0.164. The lowest BCUT2D eigenvalue weighted by Crippen LogP contribution is -2.57. The van der Waals surface area contributed by atoms with Crippen molar-refractivity contribution in [1.82, 2.24) is 15.5 Å². The maximum absolute atomic E-state index is 14.1. The highest BCUT2D eigenvalue weighted by molar-refractivity contribution is 5.99. The number of halogens is 1. The van der Waals surface area contributed by atoms with Crippen LogP contribution in [0, 0.1) is 5.82 Å². The molecule has 2 fully saturated rings. The van der Waals surface area contributed by atoms with Crippen LogP contribution in [-0.4, -0.2) is 65.7 Å². The predicted octanol–water partition coefficient (Wildman–Crippen LogP) is 1.43. The lowest BCUT2D eigenvalue weighted by Gasteiger charge is -2.34. The number of esters is 1. The van der Waals surface area contributed by atoms with Crippen LogP contribution in [0.5, 0.6) is 0 Å². The highest BCUT2D eigenvalue weighted by atomic mass is 19.1. The fourth-order valence-corrected chi connectivity index (χ4v) is 4.72. The number of rotatable bonds is 6. The van der Waals surface area contributed by atoms with Gasteiger partial charge in [0.25, 0.3) is 5.91 Å². The first-order valence-corrected chi connectivity index (χ1v) is 11.5. The molecule has 3 aliphatic rings. The maximum Gasteiger partial charge on any atom is 0.310 e. The Balaban J connectivity index is 1.49. The zero-order chi connectivity index (χ0) is 24.2. The molecule has 0 bridgehead atoms. The van der Waals surface area contributed by atoms with Gasteiger partial charge in [-0.25, -0.2) is 4.39 Å².